The fourth-order valence-electron chi connectivity index (χ4n) is 4.73. The summed E-state index contributed by atoms with van der Waals surface area (Å²) in [6.45, 7) is 2.44. The minimum Gasteiger partial charge on any atom is -0.492 e. The molecular formula is C27H24FN7O2. The number of amides is 1. The highest BCUT2D eigenvalue weighted by atomic mass is 19.1. The van der Waals surface area contributed by atoms with Crippen LogP contribution in [0.15, 0.2) is 67.0 Å². The van der Waals surface area contributed by atoms with Gasteiger partial charge in [-0.1, -0.05) is 24.3 Å². The first-order valence-corrected chi connectivity index (χ1v) is 12.1. The second-order valence-electron chi connectivity index (χ2n) is 8.96. The van der Waals surface area contributed by atoms with Gasteiger partial charge in [0.05, 0.1) is 35.8 Å². The molecule has 3 aromatic heterocycles. The number of benzene rings is 2. The van der Waals surface area contributed by atoms with E-state index in [4.69, 9.17) is 4.74 Å². The number of nitrogens with one attached hydrogen (secondary N) is 2. The zero-order valence-corrected chi connectivity index (χ0v) is 20.1. The number of halogens is 1. The molecule has 0 unspecified atom stereocenters. The van der Waals surface area contributed by atoms with Crippen molar-refractivity contribution in [3.63, 3.8) is 0 Å². The van der Waals surface area contributed by atoms with Crippen molar-refractivity contribution in [2.24, 2.45) is 0 Å². The number of nitrogens with zero attached hydrogens (tertiary/aromatic N) is 5. The average Bonchev–Trinajstić information content (AvgIpc) is 3.54. The van der Waals surface area contributed by atoms with Crippen LogP contribution in [0.1, 0.15) is 41.9 Å². The Hall–Kier alpha value is -4.60. The van der Waals surface area contributed by atoms with Gasteiger partial charge in [0.2, 0.25) is 0 Å². The minimum absolute atomic E-state index is 0.00296. The van der Waals surface area contributed by atoms with Crippen molar-refractivity contribution >= 4 is 16.8 Å². The molecule has 1 saturated carbocycles. The Balaban J connectivity index is 1.26. The van der Waals surface area contributed by atoms with Gasteiger partial charge in [-0.3, -0.25) is 14.5 Å². The van der Waals surface area contributed by atoms with Gasteiger partial charge in [-0.05, 0) is 50.1 Å². The first-order chi connectivity index (χ1) is 18.1. The van der Waals surface area contributed by atoms with Crippen molar-refractivity contribution in [2.45, 2.75) is 31.7 Å². The quantitative estimate of drug-likeness (QED) is 0.344. The molecule has 1 aliphatic rings. The molecule has 9 nitrogen and oxygen atoms in total. The molecule has 37 heavy (non-hydrogen) atoms. The Labute approximate surface area is 211 Å². The molecule has 1 aliphatic carbocycles. The van der Waals surface area contributed by atoms with E-state index in [1.54, 1.807) is 53.4 Å². The van der Waals surface area contributed by atoms with Crippen molar-refractivity contribution in [3.8, 4) is 23.0 Å². The number of carbonyl (C=O) groups excluding carboxylic acids is 1. The third kappa shape index (κ3) is 4.20. The van der Waals surface area contributed by atoms with E-state index < -0.39 is 0 Å². The molecule has 2 aromatic carbocycles. The Kier molecular flexibility index (Phi) is 5.84. The minimum atomic E-state index is -0.382. The molecule has 3 heterocycles. The molecule has 2 N–H and O–H groups in total. The number of rotatable bonds is 7. The van der Waals surface area contributed by atoms with Crippen LogP contribution in [0.5, 0.6) is 5.75 Å². The summed E-state index contributed by atoms with van der Waals surface area (Å²) in [5.74, 6) is 1.18. The van der Waals surface area contributed by atoms with Gasteiger partial charge in [0, 0.05) is 17.3 Å². The Morgan fingerprint density at radius 1 is 1.11 bits per heavy atom. The van der Waals surface area contributed by atoms with E-state index in [9.17, 15) is 9.18 Å². The van der Waals surface area contributed by atoms with Crippen LogP contribution in [0.2, 0.25) is 0 Å². The summed E-state index contributed by atoms with van der Waals surface area (Å²) in [5, 5.41) is 19.7. The van der Waals surface area contributed by atoms with Gasteiger partial charge >= 0.3 is 0 Å². The van der Waals surface area contributed by atoms with Crippen molar-refractivity contribution in [3.05, 3.63) is 84.2 Å². The summed E-state index contributed by atoms with van der Waals surface area (Å²) in [6, 6.07) is 15.6. The maximum absolute atomic E-state index is 14.9. The lowest BCUT2D eigenvalue weighted by atomic mass is 9.79. The molecule has 6 rings (SSSR count). The van der Waals surface area contributed by atoms with E-state index >= 15 is 0 Å². The SMILES string of the molecule is CCOc1ccc(-c2nnc(C3CC(NC(=O)c4cccc5cn[nH]c45)C3)n2-c2ccccc2F)nc1. The monoisotopic (exact) mass is 497 g/mol. The fourth-order valence-corrected chi connectivity index (χ4v) is 4.73. The van der Waals surface area contributed by atoms with Gasteiger partial charge < -0.3 is 10.1 Å². The van der Waals surface area contributed by atoms with Crippen LogP contribution >= 0.6 is 0 Å². The van der Waals surface area contributed by atoms with E-state index in [0.717, 1.165) is 5.39 Å². The predicted molar refractivity (Wildman–Crippen MR) is 135 cm³/mol. The molecule has 1 amide bonds. The van der Waals surface area contributed by atoms with Gasteiger partial charge in [0.25, 0.3) is 5.91 Å². The van der Waals surface area contributed by atoms with Crippen molar-refractivity contribution in [1.82, 2.24) is 35.3 Å². The van der Waals surface area contributed by atoms with Crippen LogP contribution in [0.3, 0.4) is 0 Å². The second-order valence-corrected chi connectivity index (χ2v) is 8.96. The molecule has 10 heteroatoms. The van der Waals surface area contributed by atoms with Crippen LogP contribution in [-0.4, -0.2) is 48.5 Å². The van der Waals surface area contributed by atoms with E-state index in [2.05, 4.69) is 30.7 Å². The van der Waals surface area contributed by atoms with Crippen molar-refractivity contribution in [2.75, 3.05) is 6.61 Å². The number of hydrogen-bond acceptors (Lipinski definition) is 6. The van der Waals surface area contributed by atoms with Gasteiger partial charge in [0.1, 0.15) is 23.1 Å². The predicted octanol–water partition coefficient (Wildman–Crippen LogP) is 4.42. The van der Waals surface area contributed by atoms with Gasteiger partial charge in [-0.15, -0.1) is 10.2 Å². The number of aromatic nitrogens is 6. The normalized spacial score (nSPS) is 16.9. The number of pyridine rings is 1. The maximum Gasteiger partial charge on any atom is 0.253 e. The highest BCUT2D eigenvalue weighted by Gasteiger charge is 2.36. The molecule has 0 radical (unpaired) electrons. The van der Waals surface area contributed by atoms with Gasteiger partial charge in [-0.2, -0.15) is 5.10 Å². The first kappa shape index (κ1) is 22.8. The largest absolute Gasteiger partial charge is 0.492 e. The molecule has 0 bridgehead atoms. The summed E-state index contributed by atoms with van der Waals surface area (Å²) < 4.78 is 22.2. The number of carbonyl (C=O) groups is 1. The van der Waals surface area contributed by atoms with Crippen LogP contribution in [0.25, 0.3) is 28.1 Å². The van der Waals surface area contributed by atoms with Gasteiger partial charge in [0.15, 0.2) is 5.82 Å². The van der Waals surface area contributed by atoms with E-state index in [1.165, 1.54) is 6.07 Å². The number of hydrogen-bond donors (Lipinski definition) is 2. The molecule has 186 valence electrons. The molecule has 5 aromatic rings. The molecule has 0 saturated heterocycles. The molecule has 0 aliphatic heterocycles. The lowest BCUT2D eigenvalue weighted by Crippen LogP contribution is -2.44. The number of aromatic amines is 1. The number of H-pyrrole nitrogens is 1. The maximum atomic E-state index is 14.9. The highest BCUT2D eigenvalue weighted by molar-refractivity contribution is 6.05. The summed E-state index contributed by atoms with van der Waals surface area (Å²) >= 11 is 0. The highest BCUT2D eigenvalue weighted by Crippen LogP contribution is 2.39. The zero-order valence-electron chi connectivity index (χ0n) is 20.1. The Morgan fingerprint density at radius 3 is 2.76 bits per heavy atom. The summed E-state index contributed by atoms with van der Waals surface area (Å²) in [5.41, 5.74) is 2.17. The zero-order chi connectivity index (χ0) is 25.4. The van der Waals surface area contributed by atoms with Crippen LogP contribution in [0.4, 0.5) is 4.39 Å². The lowest BCUT2D eigenvalue weighted by molar-refractivity contribution is 0.0908. The molecule has 0 spiro atoms. The number of para-hydroxylation sites is 2. The van der Waals surface area contributed by atoms with Crippen LogP contribution in [0, 0.1) is 5.82 Å². The lowest BCUT2D eigenvalue weighted by Gasteiger charge is -2.35. The number of ether oxygens (including phenoxy) is 1. The average molecular weight is 498 g/mol. The third-order valence-electron chi connectivity index (χ3n) is 6.62. The molecule has 0 atom stereocenters. The van der Waals surface area contributed by atoms with E-state index in [-0.39, 0.29) is 23.7 Å². The summed E-state index contributed by atoms with van der Waals surface area (Å²) in [4.78, 5) is 17.4. The standard InChI is InChI=1S/C27H24FN7O2/c1-2-37-19-10-11-22(29-15-19)26-34-33-25(35(26)23-9-4-3-8-21(23)28)17-12-18(13-17)31-27(36)20-7-5-6-16-14-30-32-24(16)20/h3-11,14-15,17-18H,2,12-13H2,1H3,(H,30,32)(H,31,36). The van der Waals surface area contributed by atoms with Crippen LogP contribution < -0.4 is 10.1 Å². The smallest absolute Gasteiger partial charge is 0.253 e. The van der Waals surface area contributed by atoms with E-state index in [1.807, 2.05) is 19.1 Å². The van der Waals surface area contributed by atoms with Crippen LogP contribution in [-0.2, 0) is 0 Å². The number of fused-ring (bicyclic) bond motifs is 1. The van der Waals surface area contributed by atoms with E-state index in [0.29, 0.717) is 59.3 Å². The summed E-state index contributed by atoms with van der Waals surface area (Å²) in [7, 11) is 0. The Morgan fingerprint density at radius 2 is 1.97 bits per heavy atom. The van der Waals surface area contributed by atoms with Gasteiger partial charge in [-0.25, -0.2) is 9.37 Å². The topological polar surface area (TPSA) is 111 Å². The summed E-state index contributed by atoms with van der Waals surface area (Å²) in [6.07, 6.45) is 4.63. The molecular weight excluding hydrogens is 473 g/mol. The second kappa shape index (κ2) is 9.45. The third-order valence-corrected chi connectivity index (χ3v) is 6.62. The fraction of sp³-hybridized carbons (Fsp3) is 0.222. The van der Waals surface area contributed by atoms with Crippen molar-refractivity contribution < 1.29 is 13.9 Å². The Bertz CT molecular complexity index is 1570. The first-order valence-electron chi connectivity index (χ1n) is 12.1. The molecule has 1 fully saturated rings. The van der Waals surface area contributed by atoms with Crippen molar-refractivity contribution in [1.29, 1.82) is 0 Å².